The molecule has 1 N–H and O–H groups in total. The van der Waals surface area contributed by atoms with Gasteiger partial charge in [0.2, 0.25) is 5.91 Å². The minimum absolute atomic E-state index is 0.0835. The second kappa shape index (κ2) is 6.33. The topological polar surface area (TPSA) is 56.2 Å². The van der Waals surface area contributed by atoms with Gasteiger partial charge in [0.05, 0.1) is 0 Å². The van der Waals surface area contributed by atoms with Crippen LogP contribution in [-0.2, 0) is 22.5 Å². The van der Waals surface area contributed by atoms with Crippen LogP contribution in [0, 0.1) is 0 Å². The minimum Gasteiger partial charge on any atom is -0.375 e. The van der Waals surface area contributed by atoms with E-state index in [1.54, 1.807) is 6.20 Å². The molecule has 0 spiro atoms. The summed E-state index contributed by atoms with van der Waals surface area (Å²) >= 11 is 0. The first-order valence-electron chi connectivity index (χ1n) is 6.44. The van der Waals surface area contributed by atoms with Crippen LogP contribution in [0.25, 0.3) is 11.0 Å². The minimum atomic E-state index is -0.0835. The summed E-state index contributed by atoms with van der Waals surface area (Å²) in [5, 5.41) is 3.99. The van der Waals surface area contributed by atoms with Crippen LogP contribution in [0.5, 0.6) is 0 Å². The molecule has 102 valence electrons. The van der Waals surface area contributed by atoms with Gasteiger partial charge >= 0.3 is 0 Å². The van der Waals surface area contributed by atoms with E-state index in [1.807, 2.05) is 6.07 Å². The number of carbonyl (C=O) groups excluding carboxylic acids is 1. The zero-order chi connectivity index (χ0) is 13.7. The van der Waals surface area contributed by atoms with Crippen LogP contribution < -0.4 is 5.32 Å². The van der Waals surface area contributed by atoms with Crippen molar-refractivity contribution < 1.29 is 9.53 Å². The third-order valence-electron chi connectivity index (χ3n) is 3.05. The lowest BCUT2D eigenvalue weighted by molar-refractivity contribution is -0.124. The average molecular weight is 261 g/mol. The van der Waals surface area contributed by atoms with Gasteiger partial charge in [0.25, 0.3) is 0 Å². The maximum absolute atomic E-state index is 11.3. The maximum atomic E-state index is 11.3. The Kier molecular flexibility index (Phi) is 4.52. The Morgan fingerprint density at radius 2 is 2.37 bits per heavy atom. The lowest BCUT2D eigenvalue weighted by Crippen LogP contribution is -2.28. The number of methoxy groups -OCH3 is 1. The van der Waals surface area contributed by atoms with Crippen LogP contribution in [0.15, 0.2) is 24.5 Å². The Balaban J connectivity index is 2.06. The van der Waals surface area contributed by atoms with Gasteiger partial charge in [-0.25, -0.2) is 4.98 Å². The van der Waals surface area contributed by atoms with Crippen molar-refractivity contribution in [3.8, 4) is 0 Å². The molecule has 0 saturated carbocycles. The number of ether oxygens (including phenoxy) is 1. The second-order valence-electron chi connectivity index (χ2n) is 4.35. The molecule has 0 bridgehead atoms. The number of hydrogen-bond donors (Lipinski definition) is 1. The van der Waals surface area contributed by atoms with Crippen LogP contribution in [-0.4, -0.2) is 35.7 Å². The van der Waals surface area contributed by atoms with E-state index < -0.39 is 0 Å². The van der Waals surface area contributed by atoms with Crippen molar-refractivity contribution in [2.45, 2.75) is 19.9 Å². The Hall–Kier alpha value is -1.88. The molecule has 1 amide bonds. The number of hydrogen-bond acceptors (Lipinski definition) is 3. The van der Waals surface area contributed by atoms with E-state index >= 15 is 0 Å². The van der Waals surface area contributed by atoms with Crippen molar-refractivity contribution in [1.82, 2.24) is 14.9 Å². The fraction of sp³-hybridized carbons (Fsp3) is 0.429. The van der Waals surface area contributed by atoms with E-state index in [1.165, 1.54) is 12.7 Å². The standard InChI is InChI=1S/C14H19N3O2/c1-3-17-9-11(6-8-15-13(18)10-19-2)12-5-4-7-16-14(12)17/h4-5,7,9H,3,6,8,10H2,1-2H3,(H,15,18). The van der Waals surface area contributed by atoms with Crippen molar-refractivity contribution >= 4 is 16.9 Å². The molecule has 0 aliphatic rings. The molecular formula is C14H19N3O2. The summed E-state index contributed by atoms with van der Waals surface area (Å²) in [5.41, 5.74) is 2.21. The van der Waals surface area contributed by atoms with E-state index in [0.717, 1.165) is 24.0 Å². The molecule has 0 aliphatic heterocycles. The molecule has 0 fully saturated rings. The first-order valence-corrected chi connectivity index (χ1v) is 6.44. The van der Waals surface area contributed by atoms with E-state index in [9.17, 15) is 4.79 Å². The van der Waals surface area contributed by atoms with E-state index in [0.29, 0.717) is 6.54 Å². The Morgan fingerprint density at radius 3 is 3.11 bits per heavy atom. The number of aryl methyl sites for hydroxylation is 1. The molecule has 0 aliphatic carbocycles. The second-order valence-corrected chi connectivity index (χ2v) is 4.35. The number of nitrogens with one attached hydrogen (secondary N) is 1. The number of pyridine rings is 1. The fourth-order valence-corrected chi connectivity index (χ4v) is 2.15. The Labute approximate surface area is 112 Å². The number of nitrogens with zero attached hydrogens (tertiary/aromatic N) is 2. The summed E-state index contributed by atoms with van der Waals surface area (Å²) in [6.07, 6.45) is 4.71. The molecular weight excluding hydrogens is 242 g/mol. The molecule has 2 aromatic heterocycles. The van der Waals surface area contributed by atoms with Crippen LogP contribution in [0.4, 0.5) is 0 Å². The highest BCUT2D eigenvalue weighted by atomic mass is 16.5. The van der Waals surface area contributed by atoms with Gasteiger partial charge in [-0.3, -0.25) is 4.79 Å². The number of rotatable bonds is 6. The summed E-state index contributed by atoms with van der Waals surface area (Å²) < 4.78 is 6.90. The third-order valence-corrected chi connectivity index (χ3v) is 3.05. The largest absolute Gasteiger partial charge is 0.375 e. The highest BCUT2D eigenvalue weighted by Gasteiger charge is 2.08. The third kappa shape index (κ3) is 3.12. The first-order chi connectivity index (χ1) is 9.26. The SMILES string of the molecule is CCn1cc(CCNC(=O)COC)c2cccnc21. The van der Waals surface area contributed by atoms with Gasteiger partial charge in [-0.2, -0.15) is 0 Å². The average Bonchev–Trinajstić information content (AvgIpc) is 2.78. The number of aromatic nitrogens is 2. The van der Waals surface area contributed by atoms with Crippen molar-refractivity contribution in [2.75, 3.05) is 20.3 Å². The number of carbonyl (C=O) groups is 1. The molecule has 0 unspecified atom stereocenters. The summed E-state index contributed by atoms with van der Waals surface area (Å²) in [7, 11) is 1.51. The van der Waals surface area contributed by atoms with Gasteiger partial charge in [0.1, 0.15) is 12.3 Å². The highest BCUT2D eigenvalue weighted by molar-refractivity contribution is 5.80. The highest BCUT2D eigenvalue weighted by Crippen LogP contribution is 2.19. The predicted octanol–water partition coefficient (Wildman–Crippen LogP) is 1.36. The van der Waals surface area contributed by atoms with Crippen LogP contribution in [0.3, 0.4) is 0 Å². The van der Waals surface area contributed by atoms with Crippen molar-refractivity contribution in [3.05, 3.63) is 30.1 Å². The fourth-order valence-electron chi connectivity index (χ4n) is 2.15. The monoisotopic (exact) mass is 261 g/mol. The molecule has 2 aromatic rings. The van der Waals surface area contributed by atoms with Crippen LogP contribution >= 0.6 is 0 Å². The van der Waals surface area contributed by atoms with Gasteiger partial charge in [-0.1, -0.05) is 0 Å². The lowest BCUT2D eigenvalue weighted by Gasteiger charge is -2.03. The lowest BCUT2D eigenvalue weighted by atomic mass is 10.1. The van der Waals surface area contributed by atoms with Crippen LogP contribution in [0.2, 0.25) is 0 Å². The molecule has 0 atom stereocenters. The normalized spacial score (nSPS) is 10.8. The summed E-state index contributed by atoms with van der Waals surface area (Å²) in [6.45, 7) is 3.71. The van der Waals surface area contributed by atoms with Crippen molar-refractivity contribution in [3.63, 3.8) is 0 Å². The molecule has 19 heavy (non-hydrogen) atoms. The van der Waals surface area contributed by atoms with E-state index in [4.69, 9.17) is 4.74 Å². The zero-order valence-corrected chi connectivity index (χ0v) is 11.3. The summed E-state index contributed by atoms with van der Waals surface area (Å²) in [5.74, 6) is -0.0835. The Morgan fingerprint density at radius 1 is 1.53 bits per heavy atom. The number of amides is 1. The summed E-state index contributed by atoms with van der Waals surface area (Å²) in [4.78, 5) is 15.7. The van der Waals surface area contributed by atoms with Gasteiger partial charge < -0.3 is 14.6 Å². The van der Waals surface area contributed by atoms with E-state index in [2.05, 4.69) is 34.1 Å². The molecule has 5 nitrogen and oxygen atoms in total. The van der Waals surface area contributed by atoms with Gasteiger partial charge in [-0.15, -0.1) is 0 Å². The van der Waals surface area contributed by atoms with Gasteiger partial charge in [-0.05, 0) is 31.0 Å². The molecule has 0 radical (unpaired) electrons. The van der Waals surface area contributed by atoms with Crippen molar-refractivity contribution in [1.29, 1.82) is 0 Å². The molecule has 0 aromatic carbocycles. The van der Waals surface area contributed by atoms with E-state index in [-0.39, 0.29) is 12.5 Å². The number of fused-ring (bicyclic) bond motifs is 1. The molecule has 0 saturated heterocycles. The molecule has 5 heteroatoms. The van der Waals surface area contributed by atoms with Crippen molar-refractivity contribution in [2.24, 2.45) is 0 Å². The maximum Gasteiger partial charge on any atom is 0.245 e. The predicted molar refractivity (Wildman–Crippen MR) is 74.0 cm³/mol. The van der Waals surface area contributed by atoms with Crippen LogP contribution in [0.1, 0.15) is 12.5 Å². The smallest absolute Gasteiger partial charge is 0.245 e. The van der Waals surface area contributed by atoms with Gasteiger partial charge in [0.15, 0.2) is 0 Å². The Bertz CT molecular complexity index is 563. The summed E-state index contributed by atoms with van der Waals surface area (Å²) in [6, 6.07) is 4.01. The molecule has 2 rings (SSSR count). The van der Waals surface area contributed by atoms with Gasteiger partial charge in [0, 0.05) is 38.0 Å². The molecule has 2 heterocycles. The quantitative estimate of drug-likeness (QED) is 0.854. The zero-order valence-electron chi connectivity index (χ0n) is 11.3. The first kappa shape index (κ1) is 13.5.